The SMILES string of the molecule is COc1ccccc1COCCCOc1ccc(OC(=O)N2CCCCC2C(C)(C)C)cc1OCCOc1ccccc1CCN. The lowest BCUT2D eigenvalue weighted by atomic mass is 9.81. The lowest BCUT2D eigenvalue weighted by Crippen LogP contribution is -2.51. The Labute approximate surface area is 273 Å². The van der Waals surface area contributed by atoms with Crippen molar-refractivity contribution >= 4 is 6.09 Å². The molecular formula is C37H50N2O7. The molecule has 9 nitrogen and oxygen atoms in total. The number of para-hydroxylation sites is 2. The summed E-state index contributed by atoms with van der Waals surface area (Å²) < 4.78 is 35.4. The van der Waals surface area contributed by atoms with E-state index in [9.17, 15) is 4.79 Å². The fourth-order valence-corrected chi connectivity index (χ4v) is 5.65. The minimum atomic E-state index is -0.341. The van der Waals surface area contributed by atoms with Gasteiger partial charge < -0.3 is 39.1 Å². The third kappa shape index (κ3) is 10.3. The molecule has 1 unspecified atom stereocenters. The minimum Gasteiger partial charge on any atom is -0.496 e. The first-order chi connectivity index (χ1) is 22.3. The molecule has 0 aromatic heterocycles. The van der Waals surface area contributed by atoms with E-state index in [1.165, 1.54) is 0 Å². The number of carbonyl (C=O) groups is 1. The summed E-state index contributed by atoms with van der Waals surface area (Å²) in [5, 5.41) is 0. The number of nitrogens with zero attached hydrogens (tertiary/aromatic N) is 1. The van der Waals surface area contributed by atoms with Crippen LogP contribution in [0, 0.1) is 5.41 Å². The standard InChI is InChI=1S/C37H50N2O7/c1-37(2,3)35-16-9-10-21-39(35)36(40)46-30-17-18-33(43-23-11-22-42-27-29-13-6-7-14-31(29)41-4)34(26-30)45-25-24-44-32-15-8-5-12-28(32)19-20-38/h5-8,12-15,17-18,26,35H,9-11,16,19-25,27,38H2,1-4H3. The summed E-state index contributed by atoms with van der Waals surface area (Å²) in [6, 6.07) is 21.0. The van der Waals surface area contributed by atoms with Crippen LogP contribution in [0.25, 0.3) is 0 Å². The molecular weight excluding hydrogens is 584 g/mol. The van der Waals surface area contributed by atoms with Crippen molar-refractivity contribution in [3.05, 3.63) is 77.9 Å². The summed E-state index contributed by atoms with van der Waals surface area (Å²) in [4.78, 5) is 15.2. The van der Waals surface area contributed by atoms with E-state index in [1.807, 2.05) is 53.4 Å². The summed E-state index contributed by atoms with van der Waals surface area (Å²) in [7, 11) is 1.65. The third-order valence-electron chi connectivity index (χ3n) is 7.98. The second kappa shape index (κ2) is 17.7. The molecule has 0 saturated carbocycles. The number of carbonyl (C=O) groups excluding carboxylic acids is 1. The molecule has 0 bridgehead atoms. The Balaban J connectivity index is 1.37. The number of ether oxygens (including phenoxy) is 6. The average Bonchev–Trinajstić information content (AvgIpc) is 3.06. The third-order valence-corrected chi connectivity index (χ3v) is 7.98. The normalized spacial score (nSPS) is 14.9. The smallest absolute Gasteiger partial charge is 0.415 e. The van der Waals surface area contributed by atoms with Crippen LogP contribution in [0.3, 0.4) is 0 Å². The maximum Gasteiger partial charge on any atom is 0.415 e. The van der Waals surface area contributed by atoms with E-state index < -0.39 is 0 Å². The molecule has 0 spiro atoms. The van der Waals surface area contributed by atoms with Crippen molar-refractivity contribution in [2.75, 3.05) is 46.6 Å². The van der Waals surface area contributed by atoms with Crippen molar-refractivity contribution < 1.29 is 33.2 Å². The van der Waals surface area contributed by atoms with Gasteiger partial charge in [0.2, 0.25) is 0 Å². The molecule has 1 saturated heterocycles. The molecule has 3 aromatic rings. The van der Waals surface area contributed by atoms with Crippen molar-refractivity contribution in [3.8, 4) is 28.7 Å². The molecule has 1 aliphatic heterocycles. The Morgan fingerprint density at radius 2 is 1.52 bits per heavy atom. The fraction of sp³-hybridized carbons (Fsp3) is 0.486. The molecule has 0 aliphatic carbocycles. The molecule has 1 aliphatic rings. The first-order valence-electron chi connectivity index (χ1n) is 16.3. The summed E-state index contributed by atoms with van der Waals surface area (Å²) in [5.74, 6) is 3.03. The van der Waals surface area contributed by atoms with E-state index in [4.69, 9.17) is 34.2 Å². The van der Waals surface area contributed by atoms with Crippen LogP contribution in [0.2, 0.25) is 0 Å². The molecule has 1 fully saturated rings. The lowest BCUT2D eigenvalue weighted by Gasteiger charge is -2.42. The fourth-order valence-electron chi connectivity index (χ4n) is 5.65. The van der Waals surface area contributed by atoms with E-state index in [1.54, 1.807) is 25.3 Å². The summed E-state index contributed by atoms with van der Waals surface area (Å²) >= 11 is 0. The van der Waals surface area contributed by atoms with Gasteiger partial charge in [-0.25, -0.2) is 4.79 Å². The molecule has 2 N–H and O–H groups in total. The molecule has 46 heavy (non-hydrogen) atoms. The molecule has 250 valence electrons. The molecule has 0 radical (unpaired) electrons. The molecule has 4 rings (SSSR count). The quantitative estimate of drug-likeness (QED) is 0.168. The molecule has 1 atom stereocenters. The predicted octanol–water partition coefficient (Wildman–Crippen LogP) is 7.04. The number of nitrogens with two attached hydrogens (primary N) is 1. The van der Waals surface area contributed by atoms with Gasteiger partial charge in [0, 0.05) is 30.6 Å². The van der Waals surface area contributed by atoms with Gasteiger partial charge in [0.15, 0.2) is 11.5 Å². The number of benzene rings is 3. The van der Waals surface area contributed by atoms with Gasteiger partial charge in [-0.05, 0) is 67.5 Å². The lowest BCUT2D eigenvalue weighted by molar-refractivity contribution is 0.0637. The van der Waals surface area contributed by atoms with Crippen LogP contribution < -0.4 is 29.4 Å². The Hall–Kier alpha value is -3.95. The van der Waals surface area contributed by atoms with E-state index in [-0.39, 0.29) is 24.2 Å². The van der Waals surface area contributed by atoms with Crippen LogP contribution in [0.15, 0.2) is 66.7 Å². The number of amides is 1. The van der Waals surface area contributed by atoms with Gasteiger partial charge in [-0.2, -0.15) is 0 Å². The van der Waals surface area contributed by atoms with E-state index in [0.717, 1.165) is 48.3 Å². The Kier molecular flexibility index (Phi) is 13.4. The maximum atomic E-state index is 13.3. The summed E-state index contributed by atoms with van der Waals surface area (Å²) in [6.07, 6.45) is 4.12. The second-order valence-electron chi connectivity index (χ2n) is 12.5. The topological polar surface area (TPSA) is 102 Å². The first kappa shape index (κ1) is 34.9. The molecule has 1 amide bonds. The highest BCUT2D eigenvalue weighted by Crippen LogP contribution is 2.35. The highest BCUT2D eigenvalue weighted by atomic mass is 16.6. The number of methoxy groups -OCH3 is 1. The molecule has 3 aromatic carbocycles. The van der Waals surface area contributed by atoms with Gasteiger partial charge in [-0.3, -0.25) is 0 Å². The van der Waals surface area contributed by atoms with E-state index >= 15 is 0 Å². The van der Waals surface area contributed by atoms with Crippen LogP contribution in [-0.4, -0.2) is 63.7 Å². The zero-order valence-electron chi connectivity index (χ0n) is 27.8. The van der Waals surface area contributed by atoms with E-state index in [0.29, 0.717) is 63.2 Å². The number of hydrogen-bond acceptors (Lipinski definition) is 8. The van der Waals surface area contributed by atoms with Gasteiger partial charge >= 0.3 is 6.09 Å². The Morgan fingerprint density at radius 1 is 0.826 bits per heavy atom. The number of piperidine rings is 1. The van der Waals surface area contributed by atoms with Crippen molar-refractivity contribution in [3.63, 3.8) is 0 Å². The highest BCUT2D eigenvalue weighted by Gasteiger charge is 2.36. The minimum absolute atomic E-state index is 0.0366. The van der Waals surface area contributed by atoms with Crippen molar-refractivity contribution in [1.82, 2.24) is 4.90 Å². The first-order valence-corrected chi connectivity index (χ1v) is 16.3. The predicted molar refractivity (Wildman–Crippen MR) is 179 cm³/mol. The van der Waals surface area contributed by atoms with Crippen molar-refractivity contribution in [2.45, 2.75) is 65.5 Å². The number of likely N-dealkylation sites (tertiary alicyclic amines) is 1. The highest BCUT2D eigenvalue weighted by molar-refractivity contribution is 5.71. The largest absolute Gasteiger partial charge is 0.496 e. The van der Waals surface area contributed by atoms with Crippen molar-refractivity contribution in [1.29, 1.82) is 0 Å². The van der Waals surface area contributed by atoms with Crippen LogP contribution >= 0.6 is 0 Å². The maximum absolute atomic E-state index is 13.3. The van der Waals surface area contributed by atoms with Crippen LogP contribution in [0.1, 0.15) is 57.6 Å². The van der Waals surface area contributed by atoms with Gasteiger partial charge in [0.1, 0.15) is 30.5 Å². The van der Waals surface area contributed by atoms with Crippen LogP contribution in [-0.2, 0) is 17.8 Å². The monoisotopic (exact) mass is 634 g/mol. The average molecular weight is 635 g/mol. The Bertz CT molecular complexity index is 1370. The van der Waals surface area contributed by atoms with E-state index in [2.05, 4.69) is 20.8 Å². The zero-order chi connectivity index (χ0) is 32.8. The van der Waals surface area contributed by atoms with Gasteiger partial charge in [0.25, 0.3) is 0 Å². The second-order valence-corrected chi connectivity index (χ2v) is 12.5. The summed E-state index contributed by atoms with van der Waals surface area (Å²) in [5.41, 5.74) is 7.78. The van der Waals surface area contributed by atoms with Crippen molar-refractivity contribution in [2.24, 2.45) is 11.1 Å². The molecule has 1 heterocycles. The van der Waals surface area contributed by atoms with Gasteiger partial charge in [0.05, 0.1) is 26.9 Å². The zero-order valence-corrected chi connectivity index (χ0v) is 27.8. The van der Waals surface area contributed by atoms with Crippen LogP contribution in [0.5, 0.6) is 28.7 Å². The Morgan fingerprint density at radius 3 is 2.26 bits per heavy atom. The summed E-state index contributed by atoms with van der Waals surface area (Å²) in [6.45, 7) is 9.73. The van der Waals surface area contributed by atoms with Gasteiger partial charge in [-0.1, -0.05) is 57.2 Å². The molecule has 9 heteroatoms. The number of hydrogen-bond donors (Lipinski definition) is 1. The van der Waals surface area contributed by atoms with Crippen LogP contribution in [0.4, 0.5) is 4.79 Å². The number of rotatable bonds is 16. The van der Waals surface area contributed by atoms with Gasteiger partial charge in [-0.15, -0.1) is 0 Å².